The molecule has 0 bridgehead atoms. The minimum atomic E-state index is -0.660. The average molecular weight is 537 g/mol. The number of nitro benzene ring substituents is 1. The van der Waals surface area contributed by atoms with Crippen molar-refractivity contribution in [2.24, 2.45) is 5.10 Å². The molecule has 0 atom stereocenters. The predicted octanol–water partition coefficient (Wildman–Crippen LogP) is 4.21. The highest BCUT2D eigenvalue weighted by Gasteiger charge is 2.22. The highest BCUT2D eigenvalue weighted by atomic mass is 16.6. The van der Waals surface area contributed by atoms with Crippen molar-refractivity contribution >= 4 is 29.7 Å². The molecule has 0 saturated carbocycles. The Morgan fingerprint density at radius 2 is 1.40 bits per heavy atom. The topological polar surface area (TPSA) is 140 Å². The number of non-ortho nitro benzene ring substituents is 1. The van der Waals surface area contributed by atoms with Gasteiger partial charge in [-0.3, -0.25) is 19.7 Å². The fraction of sp³-hybridized carbons (Fsp3) is 0.0667. The van der Waals surface area contributed by atoms with Crippen LogP contribution in [0.25, 0.3) is 0 Å². The molecule has 0 unspecified atom stereocenters. The SMILES string of the molecule is O=C(CNC(=O)C(c1ccccc1)c1ccccc1)N/N=C\c1ccc(OC(=O)c2ccc([N+](=O)[O-])cc2)cc1. The number of nitro groups is 1. The number of hydrogen-bond donors (Lipinski definition) is 2. The second-order valence-corrected chi connectivity index (χ2v) is 8.53. The molecule has 4 aromatic rings. The van der Waals surface area contributed by atoms with Crippen molar-refractivity contribution in [1.82, 2.24) is 10.7 Å². The lowest BCUT2D eigenvalue weighted by Gasteiger charge is -2.17. The van der Waals surface area contributed by atoms with Crippen molar-refractivity contribution in [2.45, 2.75) is 5.92 Å². The van der Waals surface area contributed by atoms with Gasteiger partial charge in [-0.15, -0.1) is 0 Å². The zero-order chi connectivity index (χ0) is 28.3. The summed E-state index contributed by atoms with van der Waals surface area (Å²) in [6, 6.07) is 30.0. The molecule has 0 spiro atoms. The van der Waals surface area contributed by atoms with Gasteiger partial charge >= 0.3 is 5.97 Å². The third-order valence-corrected chi connectivity index (χ3v) is 5.76. The Hall–Kier alpha value is -5.64. The normalized spacial score (nSPS) is 10.7. The molecule has 0 saturated heterocycles. The third kappa shape index (κ3) is 7.45. The summed E-state index contributed by atoms with van der Waals surface area (Å²) in [6.07, 6.45) is 1.40. The average Bonchev–Trinajstić information content (AvgIpc) is 2.98. The molecule has 2 N–H and O–H groups in total. The van der Waals surface area contributed by atoms with Crippen LogP contribution in [-0.4, -0.2) is 35.5 Å². The first-order chi connectivity index (χ1) is 19.4. The van der Waals surface area contributed by atoms with Crippen LogP contribution in [0.15, 0.2) is 114 Å². The molecule has 0 radical (unpaired) electrons. The maximum Gasteiger partial charge on any atom is 0.343 e. The van der Waals surface area contributed by atoms with Crippen LogP contribution >= 0.6 is 0 Å². The number of nitrogens with zero attached hydrogens (tertiary/aromatic N) is 2. The summed E-state index contributed by atoms with van der Waals surface area (Å²) in [5, 5.41) is 17.3. The van der Waals surface area contributed by atoms with Gasteiger partial charge in [0.25, 0.3) is 11.6 Å². The number of esters is 1. The van der Waals surface area contributed by atoms with E-state index in [1.54, 1.807) is 24.3 Å². The number of amides is 2. The first-order valence-electron chi connectivity index (χ1n) is 12.2. The quantitative estimate of drug-likeness (QED) is 0.102. The van der Waals surface area contributed by atoms with Gasteiger partial charge in [-0.05, 0) is 53.1 Å². The molecule has 4 aromatic carbocycles. The molecule has 4 rings (SSSR count). The molecule has 10 heteroatoms. The van der Waals surface area contributed by atoms with E-state index in [4.69, 9.17) is 4.74 Å². The molecule has 0 aliphatic heterocycles. The van der Waals surface area contributed by atoms with Crippen LogP contribution in [0.2, 0.25) is 0 Å². The number of rotatable bonds is 10. The fourth-order valence-corrected chi connectivity index (χ4v) is 3.78. The minimum absolute atomic E-state index is 0.127. The lowest BCUT2D eigenvalue weighted by atomic mass is 9.90. The van der Waals surface area contributed by atoms with E-state index in [1.165, 1.54) is 30.5 Å². The van der Waals surface area contributed by atoms with E-state index in [2.05, 4.69) is 15.8 Å². The lowest BCUT2D eigenvalue weighted by Crippen LogP contribution is -2.37. The van der Waals surface area contributed by atoms with Crippen molar-refractivity contribution in [3.8, 4) is 5.75 Å². The molecular formula is C30H24N4O6. The van der Waals surface area contributed by atoms with E-state index in [9.17, 15) is 24.5 Å². The van der Waals surface area contributed by atoms with E-state index >= 15 is 0 Å². The molecule has 40 heavy (non-hydrogen) atoms. The summed E-state index contributed by atoms with van der Waals surface area (Å²) in [5.41, 5.74) is 4.65. The number of nitrogens with one attached hydrogen (secondary N) is 2. The molecular weight excluding hydrogens is 512 g/mol. The highest BCUT2D eigenvalue weighted by Crippen LogP contribution is 2.24. The van der Waals surface area contributed by atoms with Crippen molar-refractivity contribution in [2.75, 3.05) is 6.54 Å². The first kappa shape index (κ1) is 27.4. The Morgan fingerprint density at radius 3 is 1.95 bits per heavy atom. The van der Waals surface area contributed by atoms with Crippen LogP contribution in [0.5, 0.6) is 5.75 Å². The molecule has 2 amide bonds. The largest absolute Gasteiger partial charge is 0.423 e. The van der Waals surface area contributed by atoms with E-state index in [-0.39, 0.29) is 29.5 Å². The summed E-state index contributed by atoms with van der Waals surface area (Å²) in [5.74, 6) is -1.77. The number of hydrogen-bond acceptors (Lipinski definition) is 7. The van der Waals surface area contributed by atoms with Crippen LogP contribution in [0.3, 0.4) is 0 Å². The Balaban J connectivity index is 1.27. The van der Waals surface area contributed by atoms with E-state index in [0.29, 0.717) is 5.56 Å². The Bertz CT molecular complexity index is 1470. The van der Waals surface area contributed by atoms with Gasteiger partial charge in [-0.25, -0.2) is 10.2 Å². The fourth-order valence-electron chi connectivity index (χ4n) is 3.78. The summed E-state index contributed by atoms with van der Waals surface area (Å²) < 4.78 is 5.27. The van der Waals surface area contributed by atoms with E-state index < -0.39 is 22.7 Å². The highest BCUT2D eigenvalue weighted by molar-refractivity contribution is 5.92. The minimum Gasteiger partial charge on any atom is -0.423 e. The maximum absolute atomic E-state index is 13.0. The Kier molecular flexibility index (Phi) is 9.07. The zero-order valence-corrected chi connectivity index (χ0v) is 21.1. The summed E-state index contributed by atoms with van der Waals surface area (Å²) >= 11 is 0. The second kappa shape index (κ2) is 13.2. The van der Waals surface area contributed by atoms with Crippen LogP contribution in [-0.2, 0) is 9.59 Å². The number of benzene rings is 4. The second-order valence-electron chi connectivity index (χ2n) is 8.53. The van der Waals surface area contributed by atoms with Crippen molar-refractivity contribution in [3.63, 3.8) is 0 Å². The molecule has 0 aromatic heterocycles. The molecule has 0 fully saturated rings. The van der Waals surface area contributed by atoms with E-state index in [1.807, 2.05) is 60.7 Å². The van der Waals surface area contributed by atoms with Crippen molar-refractivity contribution in [3.05, 3.63) is 142 Å². The number of hydrazone groups is 1. The van der Waals surface area contributed by atoms with Gasteiger partial charge < -0.3 is 10.1 Å². The molecule has 200 valence electrons. The molecule has 0 aliphatic rings. The van der Waals surface area contributed by atoms with Gasteiger partial charge in [-0.1, -0.05) is 60.7 Å². The zero-order valence-electron chi connectivity index (χ0n) is 21.1. The number of carbonyl (C=O) groups excluding carboxylic acids is 3. The summed E-state index contributed by atoms with van der Waals surface area (Å²) in [7, 11) is 0. The predicted molar refractivity (Wildman–Crippen MR) is 148 cm³/mol. The Morgan fingerprint density at radius 1 is 0.825 bits per heavy atom. The van der Waals surface area contributed by atoms with Crippen LogP contribution in [0.1, 0.15) is 33.0 Å². The maximum atomic E-state index is 13.0. The van der Waals surface area contributed by atoms with Crippen LogP contribution in [0.4, 0.5) is 5.69 Å². The molecule has 0 aliphatic carbocycles. The van der Waals surface area contributed by atoms with Gasteiger partial charge in [0.15, 0.2) is 0 Å². The monoisotopic (exact) mass is 536 g/mol. The molecule has 0 heterocycles. The van der Waals surface area contributed by atoms with Gasteiger partial charge in [0.2, 0.25) is 5.91 Å². The Labute approximate surface area is 229 Å². The lowest BCUT2D eigenvalue weighted by molar-refractivity contribution is -0.384. The number of carbonyl (C=O) groups is 3. The molecule has 10 nitrogen and oxygen atoms in total. The summed E-state index contributed by atoms with van der Waals surface area (Å²) in [4.78, 5) is 47.7. The van der Waals surface area contributed by atoms with E-state index in [0.717, 1.165) is 11.1 Å². The summed E-state index contributed by atoms with van der Waals surface area (Å²) in [6.45, 7) is -0.260. The smallest absolute Gasteiger partial charge is 0.343 e. The first-order valence-corrected chi connectivity index (χ1v) is 12.2. The van der Waals surface area contributed by atoms with Gasteiger partial charge in [0.05, 0.1) is 29.2 Å². The van der Waals surface area contributed by atoms with Gasteiger partial charge in [-0.2, -0.15) is 5.10 Å². The van der Waals surface area contributed by atoms with Crippen LogP contribution in [0, 0.1) is 10.1 Å². The standard InChI is InChI=1S/C30H24N4O6/c35-27(20-31-29(36)28(22-7-3-1-4-8-22)23-9-5-2-6-10-23)33-32-19-21-11-17-26(18-12-21)40-30(37)24-13-15-25(16-14-24)34(38)39/h1-19,28H,20H2,(H,31,36)(H,33,35)/b32-19-. The number of ether oxygens (including phenoxy) is 1. The van der Waals surface area contributed by atoms with Crippen LogP contribution < -0.4 is 15.5 Å². The third-order valence-electron chi connectivity index (χ3n) is 5.76. The van der Waals surface area contributed by atoms with Gasteiger partial charge in [0, 0.05) is 12.1 Å². The van der Waals surface area contributed by atoms with Crippen molar-refractivity contribution < 1.29 is 24.0 Å². The van der Waals surface area contributed by atoms with Gasteiger partial charge in [0.1, 0.15) is 5.75 Å². The van der Waals surface area contributed by atoms with Crippen molar-refractivity contribution in [1.29, 1.82) is 0 Å².